The Morgan fingerprint density at radius 2 is 2.12 bits per heavy atom. The third kappa shape index (κ3) is 2.95. The van der Waals surface area contributed by atoms with Gasteiger partial charge in [0.1, 0.15) is 17.5 Å². The first-order valence-corrected chi connectivity index (χ1v) is 8.16. The van der Waals surface area contributed by atoms with Crippen LogP contribution in [0.3, 0.4) is 0 Å². The molecule has 4 aromatic rings. The fourth-order valence-electron chi connectivity index (χ4n) is 2.91. The molecule has 1 amide bonds. The topological polar surface area (TPSA) is 90.0 Å². The summed E-state index contributed by atoms with van der Waals surface area (Å²) in [6.45, 7) is 2.35. The second-order valence-electron chi connectivity index (χ2n) is 6.09. The Kier molecular flexibility index (Phi) is 3.96. The predicted molar refractivity (Wildman–Crippen MR) is 96.6 cm³/mol. The van der Waals surface area contributed by atoms with E-state index in [4.69, 9.17) is 4.42 Å². The molecule has 26 heavy (non-hydrogen) atoms. The number of carbonyl (C=O) groups excluding carboxylic acids is 1. The van der Waals surface area contributed by atoms with Crippen LogP contribution in [0.5, 0.6) is 0 Å². The number of benzene rings is 1. The van der Waals surface area contributed by atoms with Gasteiger partial charge in [-0.05, 0) is 30.7 Å². The third-order valence-corrected chi connectivity index (χ3v) is 4.16. The molecule has 0 bridgehead atoms. The van der Waals surface area contributed by atoms with E-state index in [1.807, 2.05) is 31.2 Å². The highest BCUT2D eigenvalue weighted by atomic mass is 16.4. The highest BCUT2D eigenvalue weighted by Gasteiger charge is 2.15. The van der Waals surface area contributed by atoms with Crippen LogP contribution in [-0.2, 0) is 17.9 Å². The van der Waals surface area contributed by atoms with Crippen molar-refractivity contribution < 1.29 is 9.21 Å². The first kappa shape index (κ1) is 16.0. The molecule has 0 saturated heterocycles. The van der Waals surface area contributed by atoms with E-state index in [1.54, 1.807) is 18.5 Å². The molecular weight excluding hydrogens is 332 g/mol. The van der Waals surface area contributed by atoms with Crippen molar-refractivity contribution in [1.82, 2.24) is 20.1 Å². The lowest BCUT2D eigenvalue weighted by Crippen LogP contribution is -2.27. The number of rotatable bonds is 4. The maximum absolute atomic E-state index is 12.3. The molecule has 0 spiro atoms. The highest BCUT2D eigenvalue weighted by Crippen LogP contribution is 2.23. The largest absolute Gasteiger partial charge is 0.422 e. The summed E-state index contributed by atoms with van der Waals surface area (Å²) in [4.78, 5) is 28.5. The summed E-state index contributed by atoms with van der Waals surface area (Å²) in [5.74, 6) is -0.201. The zero-order valence-corrected chi connectivity index (χ0v) is 14.1. The van der Waals surface area contributed by atoms with E-state index >= 15 is 0 Å². The van der Waals surface area contributed by atoms with Crippen LogP contribution in [0.25, 0.3) is 21.9 Å². The lowest BCUT2D eigenvalue weighted by Gasteiger charge is -2.08. The molecule has 7 nitrogen and oxygen atoms in total. The van der Waals surface area contributed by atoms with Crippen LogP contribution < -0.4 is 10.9 Å². The smallest absolute Gasteiger partial charge is 0.347 e. The van der Waals surface area contributed by atoms with Crippen molar-refractivity contribution in [2.75, 3.05) is 0 Å². The first-order valence-electron chi connectivity index (χ1n) is 8.16. The van der Waals surface area contributed by atoms with E-state index < -0.39 is 5.63 Å². The Labute approximate surface area is 148 Å². The van der Waals surface area contributed by atoms with Crippen LogP contribution in [-0.4, -0.2) is 20.7 Å². The van der Waals surface area contributed by atoms with Crippen molar-refractivity contribution in [2.45, 2.75) is 20.0 Å². The predicted octanol–water partition coefficient (Wildman–Crippen LogP) is 2.16. The summed E-state index contributed by atoms with van der Waals surface area (Å²) < 4.78 is 6.87. The molecule has 0 aliphatic rings. The van der Waals surface area contributed by atoms with E-state index in [0.717, 1.165) is 16.5 Å². The lowest BCUT2D eigenvalue weighted by molar-refractivity contribution is -0.121. The van der Waals surface area contributed by atoms with E-state index in [-0.39, 0.29) is 12.5 Å². The van der Waals surface area contributed by atoms with Gasteiger partial charge in [-0.15, -0.1) is 0 Å². The van der Waals surface area contributed by atoms with E-state index in [2.05, 4.69) is 15.4 Å². The van der Waals surface area contributed by atoms with Crippen molar-refractivity contribution in [2.24, 2.45) is 0 Å². The van der Waals surface area contributed by atoms with Crippen molar-refractivity contribution in [3.05, 3.63) is 70.5 Å². The second-order valence-corrected chi connectivity index (χ2v) is 6.09. The van der Waals surface area contributed by atoms with Crippen LogP contribution in [0.1, 0.15) is 11.1 Å². The Bertz CT molecular complexity index is 1160. The molecule has 0 unspecified atom stereocenters. The Morgan fingerprint density at radius 3 is 2.92 bits per heavy atom. The Hall–Kier alpha value is -3.48. The zero-order valence-electron chi connectivity index (χ0n) is 14.1. The molecule has 1 N–H and O–H groups in total. The fraction of sp³-hybridized carbons (Fsp3) is 0.158. The number of hydrogen-bond donors (Lipinski definition) is 1. The molecule has 0 fully saturated rings. The number of amides is 1. The molecule has 3 heterocycles. The molecule has 0 saturated carbocycles. The molecular formula is C19H16N4O3. The van der Waals surface area contributed by atoms with E-state index in [1.165, 1.54) is 10.9 Å². The zero-order chi connectivity index (χ0) is 18.1. The Morgan fingerprint density at radius 1 is 1.23 bits per heavy atom. The summed E-state index contributed by atoms with van der Waals surface area (Å²) in [5.41, 5.74) is 2.56. The maximum atomic E-state index is 12.3. The van der Waals surface area contributed by atoms with Crippen LogP contribution in [0.15, 0.2) is 58.1 Å². The Balaban J connectivity index is 1.66. The summed E-state index contributed by atoms with van der Waals surface area (Å²) >= 11 is 0. The number of pyridine rings is 1. The van der Waals surface area contributed by atoms with Crippen molar-refractivity contribution in [1.29, 1.82) is 0 Å². The number of aryl methyl sites for hydroxylation is 1. The van der Waals surface area contributed by atoms with Gasteiger partial charge in [0.25, 0.3) is 0 Å². The molecule has 0 aliphatic carbocycles. The van der Waals surface area contributed by atoms with Crippen LogP contribution >= 0.6 is 0 Å². The van der Waals surface area contributed by atoms with Gasteiger partial charge in [0.05, 0.1) is 11.7 Å². The van der Waals surface area contributed by atoms with Gasteiger partial charge >= 0.3 is 5.63 Å². The minimum Gasteiger partial charge on any atom is -0.422 e. The van der Waals surface area contributed by atoms with Gasteiger partial charge in [0.15, 0.2) is 0 Å². The van der Waals surface area contributed by atoms with Crippen LogP contribution in [0, 0.1) is 6.92 Å². The molecule has 0 atom stereocenters. The molecule has 4 rings (SSSR count). The van der Waals surface area contributed by atoms with Gasteiger partial charge in [-0.3, -0.25) is 14.5 Å². The number of nitrogens with one attached hydrogen (secondary N) is 1. The number of carbonyl (C=O) groups is 1. The maximum Gasteiger partial charge on any atom is 0.347 e. The monoisotopic (exact) mass is 348 g/mol. The number of aromatic nitrogens is 3. The fourth-order valence-corrected chi connectivity index (χ4v) is 2.91. The standard InChI is InChI=1S/C19H16N4O3/c1-12-4-5-16-14(7-12)18-15(19(25)26-16)10-22-23(18)11-17(24)21-9-13-3-2-6-20-8-13/h2-8,10H,9,11H2,1H3,(H,21,24). The average Bonchev–Trinajstić information content (AvgIpc) is 3.06. The normalized spacial score (nSPS) is 11.1. The number of fused-ring (bicyclic) bond motifs is 3. The minimum absolute atomic E-state index is 0.0102. The van der Waals surface area contributed by atoms with Crippen LogP contribution in [0.2, 0.25) is 0 Å². The SMILES string of the molecule is Cc1ccc2oc(=O)c3cnn(CC(=O)NCc4cccnc4)c3c2c1. The molecule has 0 aliphatic heterocycles. The molecule has 1 aromatic carbocycles. The van der Waals surface area contributed by atoms with Crippen molar-refractivity contribution in [3.8, 4) is 0 Å². The van der Waals surface area contributed by atoms with Crippen molar-refractivity contribution >= 4 is 27.8 Å². The van der Waals surface area contributed by atoms with E-state index in [9.17, 15) is 9.59 Å². The summed E-state index contributed by atoms with van der Waals surface area (Å²) in [6, 6.07) is 9.25. The molecule has 130 valence electrons. The van der Waals surface area contributed by atoms with Gasteiger partial charge in [0, 0.05) is 24.3 Å². The number of hydrogen-bond acceptors (Lipinski definition) is 5. The lowest BCUT2D eigenvalue weighted by atomic mass is 10.1. The second kappa shape index (κ2) is 6.44. The molecule has 7 heteroatoms. The summed E-state index contributed by atoms with van der Waals surface area (Å²) in [6.07, 6.45) is 4.82. The highest BCUT2D eigenvalue weighted by molar-refractivity contribution is 6.02. The summed E-state index contributed by atoms with van der Waals surface area (Å²) in [7, 11) is 0. The average molecular weight is 348 g/mol. The molecule has 0 radical (unpaired) electrons. The number of nitrogens with zero attached hydrogens (tertiary/aromatic N) is 3. The first-order chi connectivity index (χ1) is 12.6. The van der Waals surface area contributed by atoms with Crippen LogP contribution in [0.4, 0.5) is 0 Å². The van der Waals surface area contributed by atoms with Gasteiger partial charge in [-0.25, -0.2) is 4.79 Å². The van der Waals surface area contributed by atoms with E-state index in [0.29, 0.717) is 23.0 Å². The van der Waals surface area contributed by atoms with Gasteiger partial charge < -0.3 is 9.73 Å². The van der Waals surface area contributed by atoms with Crippen molar-refractivity contribution in [3.63, 3.8) is 0 Å². The molecule has 3 aromatic heterocycles. The van der Waals surface area contributed by atoms with Gasteiger partial charge in [-0.1, -0.05) is 17.7 Å². The summed E-state index contributed by atoms with van der Waals surface area (Å²) in [5, 5.41) is 8.17. The third-order valence-electron chi connectivity index (χ3n) is 4.16. The quantitative estimate of drug-likeness (QED) is 0.571. The van der Waals surface area contributed by atoms with Gasteiger partial charge in [0.2, 0.25) is 5.91 Å². The van der Waals surface area contributed by atoms with Gasteiger partial charge in [-0.2, -0.15) is 5.10 Å². The minimum atomic E-state index is -0.460.